The fraction of sp³-hybridized carbons (Fsp3) is 0.417. The standard InChI is InChI=1S/C10H8F3NO.C2H6/c1-2-9-14-7-5-6(10(11,12)13)3-4-8(7)15-9;1-2/h3-5H,2H2,1H3;1-2H3. The predicted octanol–water partition coefficient (Wildman–Crippen LogP) is 4.44. The summed E-state index contributed by atoms with van der Waals surface area (Å²) in [5, 5.41) is 0. The molecule has 0 unspecified atom stereocenters. The lowest BCUT2D eigenvalue weighted by Crippen LogP contribution is -2.03. The summed E-state index contributed by atoms with van der Waals surface area (Å²) in [6, 6.07) is 3.29. The maximum absolute atomic E-state index is 12.3. The van der Waals surface area contributed by atoms with Gasteiger partial charge in [0.1, 0.15) is 5.52 Å². The van der Waals surface area contributed by atoms with Crippen molar-refractivity contribution >= 4 is 11.1 Å². The summed E-state index contributed by atoms with van der Waals surface area (Å²) in [5.41, 5.74) is -0.0625. The summed E-state index contributed by atoms with van der Waals surface area (Å²) in [6.07, 6.45) is -3.77. The third-order valence-electron chi connectivity index (χ3n) is 2.06. The SMILES string of the molecule is CC.CCc1nc2cc(C(F)(F)F)ccc2o1. The van der Waals surface area contributed by atoms with Gasteiger partial charge in [-0.05, 0) is 18.2 Å². The molecule has 5 heteroatoms. The first-order valence-corrected chi connectivity index (χ1v) is 5.47. The quantitative estimate of drug-likeness (QED) is 0.742. The van der Waals surface area contributed by atoms with Crippen LogP contribution in [0.2, 0.25) is 0 Å². The largest absolute Gasteiger partial charge is 0.441 e. The third kappa shape index (κ3) is 2.99. The van der Waals surface area contributed by atoms with Gasteiger partial charge >= 0.3 is 6.18 Å². The van der Waals surface area contributed by atoms with Crippen molar-refractivity contribution in [2.24, 2.45) is 0 Å². The lowest BCUT2D eigenvalue weighted by molar-refractivity contribution is -0.137. The van der Waals surface area contributed by atoms with E-state index in [0.717, 1.165) is 12.1 Å². The normalized spacial score (nSPS) is 11.2. The van der Waals surface area contributed by atoms with Crippen LogP contribution in [0.25, 0.3) is 11.1 Å². The summed E-state index contributed by atoms with van der Waals surface area (Å²) in [6.45, 7) is 5.83. The van der Waals surface area contributed by atoms with Gasteiger partial charge in [0.2, 0.25) is 0 Å². The van der Waals surface area contributed by atoms with E-state index in [1.807, 2.05) is 20.8 Å². The topological polar surface area (TPSA) is 26.0 Å². The van der Waals surface area contributed by atoms with Gasteiger partial charge in [-0.25, -0.2) is 4.98 Å². The molecule has 0 aliphatic carbocycles. The van der Waals surface area contributed by atoms with Crippen molar-refractivity contribution in [1.29, 1.82) is 0 Å². The van der Waals surface area contributed by atoms with Gasteiger partial charge in [0.25, 0.3) is 0 Å². The number of rotatable bonds is 1. The van der Waals surface area contributed by atoms with E-state index in [1.54, 1.807) is 0 Å². The number of hydrogen-bond acceptors (Lipinski definition) is 2. The molecule has 0 radical (unpaired) electrons. The smallest absolute Gasteiger partial charge is 0.416 e. The Morgan fingerprint density at radius 2 is 1.88 bits per heavy atom. The lowest BCUT2D eigenvalue weighted by Gasteiger charge is -2.04. The molecule has 0 N–H and O–H groups in total. The third-order valence-corrected chi connectivity index (χ3v) is 2.06. The highest BCUT2D eigenvalue weighted by molar-refractivity contribution is 5.73. The van der Waals surface area contributed by atoms with E-state index < -0.39 is 11.7 Å². The van der Waals surface area contributed by atoms with Crippen LogP contribution in [0.3, 0.4) is 0 Å². The van der Waals surface area contributed by atoms with Crippen molar-refractivity contribution in [3.63, 3.8) is 0 Å². The van der Waals surface area contributed by atoms with Gasteiger partial charge in [-0.2, -0.15) is 13.2 Å². The molecule has 0 aliphatic heterocycles. The Morgan fingerprint density at radius 3 is 2.41 bits per heavy atom. The van der Waals surface area contributed by atoms with Gasteiger partial charge < -0.3 is 4.42 Å². The molecule has 2 aromatic rings. The average Bonchev–Trinajstić information content (AvgIpc) is 2.72. The van der Waals surface area contributed by atoms with Crippen molar-refractivity contribution < 1.29 is 17.6 Å². The van der Waals surface area contributed by atoms with Crippen molar-refractivity contribution in [2.45, 2.75) is 33.4 Å². The summed E-state index contributed by atoms with van der Waals surface area (Å²) in [5.74, 6) is 0.448. The van der Waals surface area contributed by atoms with Crippen LogP contribution in [0.5, 0.6) is 0 Å². The molecule has 0 bridgehead atoms. The molecular formula is C12H14F3NO. The van der Waals surface area contributed by atoms with Gasteiger partial charge in [0.05, 0.1) is 5.56 Å². The summed E-state index contributed by atoms with van der Waals surface area (Å²) in [7, 11) is 0. The van der Waals surface area contributed by atoms with E-state index in [0.29, 0.717) is 17.9 Å². The number of aryl methyl sites for hydroxylation is 1. The van der Waals surface area contributed by atoms with Crippen molar-refractivity contribution in [1.82, 2.24) is 4.98 Å². The molecule has 0 saturated heterocycles. The number of fused-ring (bicyclic) bond motifs is 1. The number of nitrogens with zero attached hydrogens (tertiary/aromatic N) is 1. The molecule has 0 saturated carbocycles. The zero-order valence-electron chi connectivity index (χ0n) is 9.93. The zero-order valence-corrected chi connectivity index (χ0v) is 9.93. The minimum Gasteiger partial charge on any atom is -0.441 e. The molecule has 1 aromatic heterocycles. The van der Waals surface area contributed by atoms with E-state index in [-0.39, 0.29) is 5.52 Å². The van der Waals surface area contributed by atoms with Crippen LogP contribution >= 0.6 is 0 Å². The molecule has 1 heterocycles. The van der Waals surface area contributed by atoms with Gasteiger partial charge in [-0.1, -0.05) is 20.8 Å². The van der Waals surface area contributed by atoms with Crippen LogP contribution < -0.4 is 0 Å². The lowest BCUT2D eigenvalue weighted by atomic mass is 10.2. The fourth-order valence-corrected chi connectivity index (χ4v) is 1.30. The molecule has 0 aliphatic rings. The molecular weight excluding hydrogens is 231 g/mol. The van der Waals surface area contributed by atoms with E-state index in [1.165, 1.54) is 6.07 Å². The Hall–Kier alpha value is -1.52. The fourth-order valence-electron chi connectivity index (χ4n) is 1.30. The average molecular weight is 245 g/mol. The highest BCUT2D eigenvalue weighted by atomic mass is 19.4. The Balaban J connectivity index is 0.000000686. The van der Waals surface area contributed by atoms with Crippen LogP contribution in [0, 0.1) is 0 Å². The summed E-state index contributed by atoms with van der Waals surface area (Å²) in [4.78, 5) is 3.94. The zero-order chi connectivity index (χ0) is 13.1. The first kappa shape index (κ1) is 13.5. The molecule has 2 nitrogen and oxygen atoms in total. The number of hydrogen-bond donors (Lipinski definition) is 0. The van der Waals surface area contributed by atoms with Crippen molar-refractivity contribution in [2.75, 3.05) is 0 Å². The molecule has 0 amide bonds. The van der Waals surface area contributed by atoms with Crippen LogP contribution in [0.1, 0.15) is 32.2 Å². The first-order valence-electron chi connectivity index (χ1n) is 5.47. The number of halogens is 3. The Kier molecular flexibility index (Phi) is 4.15. The molecule has 1 aromatic carbocycles. The Morgan fingerprint density at radius 1 is 1.24 bits per heavy atom. The number of oxazole rings is 1. The molecule has 94 valence electrons. The van der Waals surface area contributed by atoms with Crippen molar-refractivity contribution in [3.05, 3.63) is 29.7 Å². The number of aromatic nitrogens is 1. The second kappa shape index (κ2) is 5.21. The van der Waals surface area contributed by atoms with E-state index in [2.05, 4.69) is 4.98 Å². The predicted molar refractivity (Wildman–Crippen MR) is 59.7 cm³/mol. The molecule has 2 rings (SSSR count). The van der Waals surface area contributed by atoms with E-state index >= 15 is 0 Å². The van der Waals surface area contributed by atoms with E-state index in [9.17, 15) is 13.2 Å². The minimum absolute atomic E-state index is 0.252. The van der Waals surface area contributed by atoms with Crippen LogP contribution in [-0.2, 0) is 12.6 Å². The second-order valence-corrected chi connectivity index (χ2v) is 3.14. The highest BCUT2D eigenvalue weighted by Gasteiger charge is 2.30. The highest BCUT2D eigenvalue weighted by Crippen LogP contribution is 2.31. The molecule has 0 atom stereocenters. The number of alkyl halides is 3. The maximum atomic E-state index is 12.3. The minimum atomic E-state index is -4.33. The molecule has 0 spiro atoms. The first-order chi connectivity index (χ1) is 8.00. The van der Waals surface area contributed by atoms with Crippen molar-refractivity contribution in [3.8, 4) is 0 Å². The summed E-state index contributed by atoms with van der Waals surface area (Å²) >= 11 is 0. The van der Waals surface area contributed by atoms with E-state index in [4.69, 9.17) is 4.42 Å². The van der Waals surface area contributed by atoms with Gasteiger partial charge in [0, 0.05) is 6.42 Å². The maximum Gasteiger partial charge on any atom is 0.416 e. The van der Waals surface area contributed by atoms with Crippen LogP contribution in [0.4, 0.5) is 13.2 Å². The van der Waals surface area contributed by atoms with Crippen LogP contribution in [0.15, 0.2) is 22.6 Å². The monoisotopic (exact) mass is 245 g/mol. The Labute approximate surface area is 97.5 Å². The molecule has 0 fully saturated rings. The second-order valence-electron chi connectivity index (χ2n) is 3.14. The van der Waals surface area contributed by atoms with Gasteiger partial charge in [-0.3, -0.25) is 0 Å². The Bertz CT molecular complexity index is 488. The van der Waals surface area contributed by atoms with Gasteiger partial charge in [-0.15, -0.1) is 0 Å². The molecule has 17 heavy (non-hydrogen) atoms. The summed E-state index contributed by atoms with van der Waals surface area (Å²) < 4.78 is 42.2. The van der Waals surface area contributed by atoms with Gasteiger partial charge in [0.15, 0.2) is 11.5 Å². The number of benzene rings is 1. The van der Waals surface area contributed by atoms with Crippen LogP contribution in [-0.4, -0.2) is 4.98 Å².